The van der Waals surface area contributed by atoms with Gasteiger partial charge in [-0.05, 0) is 35.4 Å². The van der Waals surface area contributed by atoms with E-state index in [0.717, 1.165) is 27.6 Å². The lowest BCUT2D eigenvalue weighted by molar-refractivity contribution is 0.282. The number of fused-ring (bicyclic) bond motifs is 2. The van der Waals surface area contributed by atoms with Gasteiger partial charge in [-0.15, -0.1) is 0 Å². The molecule has 4 N–H and O–H groups in total. The van der Waals surface area contributed by atoms with E-state index in [0.29, 0.717) is 22.4 Å². The number of hydrogen-bond acceptors (Lipinski definition) is 4. The zero-order valence-electron chi connectivity index (χ0n) is 12.9. The molecule has 4 heteroatoms. The third-order valence-electron chi connectivity index (χ3n) is 4.20. The molecule has 0 atom stereocenters. The van der Waals surface area contributed by atoms with Crippen molar-refractivity contribution in [3.05, 3.63) is 71.6 Å². The van der Waals surface area contributed by atoms with Crippen LogP contribution in [-0.2, 0) is 6.61 Å². The summed E-state index contributed by atoms with van der Waals surface area (Å²) in [7, 11) is 0. The van der Waals surface area contributed by atoms with E-state index in [4.69, 9.17) is 15.6 Å². The number of aliphatic hydroxyl groups is 1. The highest BCUT2D eigenvalue weighted by atomic mass is 16.3. The Morgan fingerprint density at radius 2 is 1.79 bits per heavy atom. The van der Waals surface area contributed by atoms with E-state index < -0.39 is 0 Å². The van der Waals surface area contributed by atoms with Gasteiger partial charge < -0.3 is 20.7 Å². The molecule has 0 saturated carbocycles. The van der Waals surface area contributed by atoms with Crippen LogP contribution in [0.1, 0.15) is 5.56 Å². The molecule has 0 saturated heterocycles. The topological polar surface area (TPSA) is 83.2 Å². The molecule has 0 bridgehead atoms. The Morgan fingerprint density at radius 3 is 2.62 bits per heavy atom. The van der Waals surface area contributed by atoms with Gasteiger partial charge in [0.1, 0.15) is 11.3 Å². The van der Waals surface area contributed by atoms with E-state index in [1.165, 1.54) is 0 Å². The van der Waals surface area contributed by atoms with Crippen molar-refractivity contribution >= 4 is 16.7 Å². The molecule has 0 unspecified atom stereocenters. The van der Waals surface area contributed by atoms with Gasteiger partial charge >= 0.3 is 0 Å². The van der Waals surface area contributed by atoms with Crippen LogP contribution in [0.15, 0.2) is 65.1 Å². The quantitative estimate of drug-likeness (QED) is 0.389. The SMILES string of the molecule is N=c1ccc2c(-c3ccccc3CO)c3ccc(N)cc3oc-2c1. The van der Waals surface area contributed by atoms with Crippen molar-refractivity contribution in [3.63, 3.8) is 0 Å². The van der Waals surface area contributed by atoms with E-state index in [2.05, 4.69) is 0 Å². The van der Waals surface area contributed by atoms with Crippen molar-refractivity contribution in [2.45, 2.75) is 6.61 Å². The number of rotatable bonds is 2. The van der Waals surface area contributed by atoms with Crippen molar-refractivity contribution in [3.8, 4) is 22.5 Å². The van der Waals surface area contributed by atoms with Crippen LogP contribution in [0.3, 0.4) is 0 Å². The predicted molar refractivity (Wildman–Crippen MR) is 94.5 cm³/mol. The fourth-order valence-electron chi connectivity index (χ4n) is 3.10. The molecule has 2 aliphatic rings. The van der Waals surface area contributed by atoms with Gasteiger partial charge in [0.05, 0.1) is 12.0 Å². The van der Waals surface area contributed by atoms with E-state index in [1.807, 2.05) is 42.5 Å². The maximum absolute atomic E-state index is 9.74. The lowest BCUT2D eigenvalue weighted by atomic mass is 9.91. The largest absolute Gasteiger partial charge is 0.456 e. The predicted octanol–water partition coefficient (Wildman–Crippen LogP) is 3.76. The zero-order valence-corrected chi connectivity index (χ0v) is 12.9. The molecule has 1 heterocycles. The molecule has 118 valence electrons. The van der Waals surface area contributed by atoms with Crippen LogP contribution in [0.5, 0.6) is 0 Å². The summed E-state index contributed by atoms with van der Waals surface area (Å²) in [5, 5.41) is 18.9. The molecule has 0 fully saturated rings. The second-order valence-corrected chi connectivity index (χ2v) is 5.76. The van der Waals surface area contributed by atoms with Crippen molar-refractivity contribution in [2.75, 3.05) is 5.73 Å². The van der Waals surface area contributed by atoms with Gasteiger partial charge in [-0.25, -0.2) is 0 Å². The number of hydrogen-bond donors (Lipinski definition) is 3. The summed E-state index contributed by atoms with van der Waals surface area (Å²) in [6.45, 7) is -0.0449. The molecule has 4 nitrogen and oxygen atoms in total. The van der Waals surface area contributed by atoms with Gasteiger partial charge in [0, 0.05) is 34.3 Å². The summed E-state index contributed by atoms with van der Waals surface area (Å²) in [5.74, 6) is 0.628. The first-order valence-corrected chi connectivity index (χ1v) is 7.67. The van der Waals surface area contributed by atoms with E-state index in [9.17, 15) is 5.11 Å². The molecule has 4 rings (SSSR count). The Bertz CT molecular complexity index is 1080. The lowest BCUT2D eigenvalue weighted by Crippen LogP contribution is -2.01. The molecule has 0 radical (unpaired) electrons. The highest BCUT2D eigenvalue weighted by molar-refractivity contribution is 6.03. The summed E-state index contributed by atoms with van der Waals surface area (Å²) >= 11 is 0. The number of benzene rings is 3. The molecule has 2 aromatic rings. The van der Waals surface area contributed by atoms with Crippen LogP contribution in [0, 0.1) is 5.41 Å². The zero-order chi connectivity index (χ0) is 16.7. The maximum Gasteiger partial charge on any atom is 0.137 e. The van der Waals surface area contributed by atoms with E-state index in [1.54, 1.807) is 18.2 Å². The molecule has 0 amide bonds. The number of nitrogens with one attached hydrogen (secondary N) is 1. The first-order valence-electron chi connectivity index (χ1n) is 7.67. The summed E-state index contributed by atoms with van der Waals surface area (Å²) in [6, 6.07) is 18.7. The van der Waals surface area contributed by atoms with Gasteiger partial charge in [-0.3, -0.25) is 0 Å². The van der Waals surface area contributed by atoms with Crippen molar-refractivity contribution in [2.24, 2.45) is 0 Å². The van der Waals surface area contributed by atoms with Gasteiger partial charge in [0.15, 0.2) is 0 Å². The molecule has 1 aliphatic heterocycles. The van der Waals surface area contributed by atoms with E-state index in [-0.39, 0.29) is 6.61 Å². The Balaban J connectivity index is 2.21. The first-order chi connectivity index (χ1) is 11.7. The number of aliphatic hydroxyl groups excluding tert-OH is 1. The molecule has 2 aromatic carbocycles. The average molecular weight is 316 g/mol. The Hall–Kier alpha value is -3.11. The second kappa shape index (κ2) is 5.51. The van der Waals surface area contributed by atoms with Crippen LogP contribution in [-0.4, -0.2) is 5.11 Å². The van der Waals surface area contributed by atoms with Gasteiger partial charge in [0.25, 0.3) is 0 Å². The summed E-state index contributed by atoms with van der Waals surface area (Å²) in [4.78, 5) is 0. The monoisotopic (exact) mass is 316 g/mol. The second-order valence-electron chi connectivity index (χ2n) is 5.76. The lowest BCUT2D eigenvalue weighted by Gasteiger charge is -2.17. The molecule has 24 heavy (non-hydrogen) atoms. The highest BCUT2D eigenvalue weighted by Gasteiger charge is 2.18. The van der Waals surface area contributed by atoms with Gasteiger partial charge in [0.2, 0.25) is 0 Å². The Labute approximate surface area is 138 Å². The van der Waals surface area contributed by atoms with Crippen molar-refractivity contribution in [1.29, 1.82) is 5.41 Å². The third-order valence-corrected chi connectivity index (χ3v) is 4.20. The van der Waals surface area contributed by atoms with Crippen LogP contribution in [0.25, 0.3) is 33.4 Å². The molecule has 1 aliphatic carbocycles. The third kappa shape index (κ3) is 2.25. The number of nitrogen functional groups attached to an aromatic ring is 1. The fourth-order valence-corrected chi connectivity index (χ4v) is 3.10. The fraction of sp³-hybridized carbons (Fsp3) is 0.0500. The molecular formula is C20H16N2O2. The standard InChI is InChI=1S/C20H16N2O2/c21-13-5-7-16-18(9-13)24-19-10-14(22)6-8-17(19)20(16)15-4-2-1-3-12(15)11-23/h1-10,21,23H,11,22H2. The molecule has 0 spiro atoms. The maximum atomic E-state index is 9.74. The summed E-state index contributed by atoms with van der Waals surface area (Å²) in [5.41, 5.74) is 10.9. The van der Waals surface area contributed by atoms with E-state index >= 15 is 0 Å². The van der Waals surface area contributed by atoms with Crippen LogP contribution < -0.4 is 11.1 Å². The smallest absolute Gasteiger partial charge is 0.137 e. The molecular weight excluding hydrogens is 300 g/mol. The summed E-state index contributed by atoms with van der Waals surface area (Å²) < 4.78 is 5.98. The van der Waals surface area contributed by atoms with Crippen LogP contribution in [0.2, 0.25) is 0 Å². The van der Waals surface area contributed by atoms with Crippen LogP contribution in [0.4, 0.5) is 5.69 Å². The normalized spacial score (nSPS) is 11.2. The average Bonchev–Trinajstić information content (AvgIpc) is 2.59. The van der Waals surface area contributed by atoms with Crippen molar-refractivity contribution < 1.29 is 9.52 Å². The molecule has 0 aromatic heterocycles. The summed E-state index contributed by atoms with van der Waals surface area (Å²) in [6.07, 6.45) is 0. The van der Waals surface area contributed by atoms with Gasteiger partial charge in [-0.2, -0.15) is 0 Å². The van der Waals surface area contributed by atoms with Crippen LogP contribution >= 0.6 is 0 Å². The minimum Gasteiger partial charge on any atom is -0.456 e. The minimum absolute atomic E-state index is 0.0449. The van der Waals surface area contributed by atoms with Crippen molar-refractivity contribution in [1.82, 2.24) is 0 Å². The minimum atomic E-state index is -0.0449. The Kier molecular flexibility index (Phi) is 3.32. The van der Waals surface area contributed by atoms with Gasteiger partial charge in [-0.1, -0.05) is 24.3 Å². The highest BCUT2D eigenvalue weighted by Crippen LogP contribution is 2.41. The first kappa shape index (κ1) is 14.5. The number of anilines is 1. The number of nitrogens with two attached hydrogens (primary N) is 1. The Morgan fingerprint density at radius 1 is 0.958 bits per heavy atom.